The summed E-state index contributed by atoms with van der Waals surface area (Å²) in [7, 11) is 0. The number of carbonyl (C=O) groups is 1. The minimum Gasteiger partial charge on any atom is -0.355 e. The number of nitrogens with one attached hydrogen (secondary N) is 1. The highest BCUT2D eigenvalue weighted by molar-refractivity contribution is 5.78. The van der Waals surface area contributed by atoms with Gasteiger partial charge in [-0.15, -0.1) is 0 Å². The summed E-state index contributed by atoms with van der Waals surface area (Å²) in [6.45, 7) is 5.71. The normalized spacial score (nSPS) is 17.9. The van der Waals surface area contributed by atoms with Gasteiger partial charge in [0.25, 0.3) is 0 Å². The Balaban J connectivity index is 2.27. The van der Waals surface area contributed by atoms with Crippen molar-refractivity contribution in [3.8, 4) is 0 Å². The maximum absolute atomic E-state index is 11.7. The van der Waals surface area contributed by atoms with Gasteiger partial charge in [-0.2, -0.15) is 0 Å². The molecule has 0 aromatic heterocycles. The standard InChI is InChI=1S/C12H24N2O/c1-3-10(4-2)11(15)14-9-12(5-6-12)7-8-13/h10H,3-9,13H2,1-2H3,(H,14,15). The number of carbonyl (C=O) groups excluding carboxylic acids is 1. The van der Waals surface area contributed by atoms with Gasteiger partial charge in [0, 0.05) is 12.5 Å². The second kappa shape index (κ2) is 5.50. The van der Waals surface area contributed by atoms with Crippen LogP contribution in [0.4, 0.5) is 0 Å². The molecule has 3 heteroatoms. The van der Waals surface area contributed by atoms with Crippen molar-refractivity contribution in [1.29, 1.82) is 0 Å². The van der Waals surface area contributed by atoms with Gasteiger partial charge in [-0.3, -0.25) is 4.79 Å². The predicted molar refractivity (Wildman–Crippen MR) is 62.4 cm³/mol. The Hall–Kier alpha value is -0.570. The van der Waals surface area contributed by atoms with Gasteiger partial charge >= 0.3 is 0 Å². The van der Waals surface area contributed by atoms with Crippen molar-refractivity contribution in [1.82, 2.24) is 5.32 Å². The van der Waals surface area contributed by atoms with Crippen molar-refractivity contribution in [2.75, 3.05) is 13.1 Å². The molecule has 1 aliphatic rings. The van der Waals surface area contributed by atoms with Crippen LogP contribution >= 0.6 is 0 Å². The van der Waals surface area contributed by atoms with E-state index in [0.29, 0.717) is 5.41 Å². The summed E-state index contributed by atoms with van der Waals surface area (Å²) in [5.41, 5.74) is 5.92. The van der Waals surface area contributed by atoms with Crippen LogP contribution in [0.1, 0.15) is 46.0 Å². The van der Waals surface area contributed by atoms with E-state index in [1.807, 2.05) is 0 Å². The van der Waals surface area contributed by atoms with E-state index in [-0.39, 0.29) is 11.8 Å². The molecule has 0 aliphatic heterocycles. The average Bonchev–Trinajstić information content (AvgIpc) is 2.98. The molecule has 0 aromatic carbocycles. The Kier molecular flexibility index (Phi) is 4.58. The van der Waals surface area contributed by atoms with Gasteiger partial charge < -0.3 is 11.1 Å². The Morgan fingerprint density at radius 3 is 2.40 bits per heavy atom. The number of hydrogen-bond donors (Lipinski definition) is 2. The molecular weight excluding hydrogens is 188 g/mol. The van der Waals surface area contributed by atoms with Crippen molar-refractivity contribution >= 4 is 5.91 Å². The van der Waals surface area contributed by atoms with Crippen LogP contribution in [-0.2, 0) is 4.79 Å². The Labute approximate surface area is 92.8 Å². The molecule has 3 N–H and O–H groups in total. The summed E-state index contributed by atoms with van der Waals surface area (Å²) in [5, 5.41) is 3.08. The van der Waals surface area contributed by atoms with Crippen LogP contribution in [0.15, 0.2) is 0 Å². The highest BCUT2D eigenvalue weighted by atomic mass is 16.1. The molecule has 0 unspecified atom stereocenters. The summed E-state index contributed by atoms with van der Waals surface area (Å²) < 4.78 is 0. The molecule has 1 rings (SSSR count). The fourth-order valence-corrected chi connectivity index (χ4v) is 2.08. The Morgan fingerprint density at radius 2 is 2.00 bits per heavy atom. The van der Waals surface area contributed by atoms with Crippen molar-refractivity contribution in [3.63, 3.8) is 0 Å². The van der Waals surface area contributed by atoms with Crippen LogP contribution in [0, 0.1) is 11.3 Å². The first kappa shape index (κ1) is 12.5. The summed E-state index contributed by atoms with van der Waals surface area (Å²) >= 11 is 0. The molecular formula is C12H24N2O. The molecule has 15 heavy (non-hydrogen) atoms. The second-order valence-corrected chi connectivity index (χ2v) is 4.77. The van der Waals surface area contributed by atoms with E-state index in [1.165, 1.54) is 12.8 Å². The van der Waals surface area contributed by atoms with Crippen molar-refractivity contribution in [2.45, 2.75) is 46.0 Å². The van der Waals surface area contributed by atoms with Gasteiger partial charge in [0.2, 0.25) is 5.91 Å². The minimum atomic E-state index is 0.193. The van der Waals surface area contributed by atoms with E-state index < -0.39 is 0 Å². The van der Waals surface area contributed by atoms with E-state index >= 15 is 0 Å². The topological polar surface area (TPSA) is 55.1 Å². The van der Waals surface area contributed by atoms with Crippen LogP contribution < -0.4 is 11.1 Å². The van der Waals surface area contributed by atoms with E-state index in [9.17, 15) is 4.79 Å². The minimum absolute atomic E-state index is 0.193. The van der Waals surface area contributed by atoms with Gasteiger partial charge in [0.1, 0.15) is 0 Å². The third-order valence-corrected chi connectivity index (χ3v) is 3.63. The fourth-order valence-electron chi connectivity index (χ4n) is 2.08. The summed E-state index contributed by atoms with van der Waals surface area (Å²) in [6, 6.07) is 0. The maximum atomic E-state index is 11.7. The predicted octanol–water partition coefficient (Wildman–Crippen LogP) is 1.67. The number of amides is 1. The van der Waals surface area contributed by atoms with Crippen molar-refractivity contribution in [2.24, 2.45) is 17.1 Å². The fraction of sp³-hybridized carbons (Fsp3) is 0.917. The van der Waals surface area contributed by atoms with E-state index in [0.717, 1.165) is 32.4 Å². The molecule has 1 fully saturated rings. The SMILES string of the molecule is CCC(CC)C(=O)NCC1(CCN)CC1. The third-order valence-electron chi connectivity index (χ3n) is 3.63. The first-order valence-corrected chi connectivity index (χ1v) is 6.15. The highest BCUT2D eigenvalue weighted by Crippen LogP contribution is 2.47. The average molecular weight is 212 g/mol. The zero-order valence-electron chi connectivity index (χ0n) is 10.0. The van der Waals surface area contributed by atoms with Crippen molar-refractivity contribution in [3.05, 3.63) is 0 Å². The van der Waals surface area contributed by atoms with Gasteiger partial charge in [0.05, 0.1) is 0 Å². The lowest BCUT2D eigenvalue weighted by atomic mass is 10.00. The molecule has 0 spiro atoms. The van der Waals surface area contributed by atoms with Crippen LogP contribution in [0.2, 0.25) is 0 Å². The van der Waals surface area contributed by atoms with Crippen LogP contribution in [0.5, 0.6) is 0 Å². The van der Waals surface area contributed by atoms with Crippen LogP contribution in [0.25, 0.3) is 0 Å². The molecule has 0 heterocycles. The highest BCUT2D eigenvalue weighted by Gasteiger charge is 2.41. The third kappa shape index (κ3) is 3.49. The molecule has 88 valence electrons. The quantitative estimate of drug-likeness (QED) is 0.674. The van der Waals surface area contributed by atoms with E-state index in [2.05, 4.69) is 19.2 Å². The van der Waals surface area contributed by atoms with Crippen molar-refractivity contribution < 1.29 is 4.79 Å². The number of hydrogen-bond acceptors (Lipinski definition) is 2. The zero-order valence-corrected chi connectivity index (χ0v) is 10.0. The second-order valence-electron chi connectivity index (χ2n) is 4.77. The van der Waals surface area contributed by atoms with Gasteiger partial charge in [-0.05, 0) is 44.1 Å². The van der Waals surface area contributed by atoms with Crippen LogP contribution in [0.3, 0.4) is 0 Å². The zero-order chi connectivity index (χ0) is 11.3. The molecule has 0 bridgehead atoms. The molecule has 0 saturated heterocycles. The first-order chi connectivity index (χ1) is 7.17. The monoisotopic (exact) mass is 212 g/mol. The summed E-state index contributed by atoms with van der Waals surface area (Å²) in [6.07, 6.45) is 5.38. The summed E-state index contributed by atoms with van der Waals surface area (Å²) in [5.74, 6) is 0.418. The lowest BCUT2D eigenvalue weighted by molar-refractivity contribution is -0.125. The molecule has 0 aromatic rings. The number of rotatable bonds is 7. The molecule has 1 saturated carbocycles. The molecule has 0 atom stereocenters. The summed E-state index contributed by atoms with van der Waals surface area (Å²) in [4.78, 5) is 11.7. The lowest BCUT2D eigenvalue weighted by Gasteiger charge is -2.18. The molecule has 3 nitrogen and oxygen atoms in total. The largest absolute Gasteiger partial charge is 0.355 e. The van der Waals surface area contributed by atoms with Gasteiger partial charge in [0.15, 0.2) is 0 Å². The lowest BCUT2D eigenvalue weighted by Crippen LogP contribution is -2.35. The Bertz CT molecular complexity index is 208. The molecule has 1 aliphatic carbocycles. The van der Waals surface area contributed by atoms with E-state index in [4.69, 9.17) is 5.73 Å². The van der Waals surface area contributed by atoms with Gasteiger partial charge in [-0.25, -0.2) is 0 Å². The number of nitrogens with two attached hydrogens (primary N) is 1. The molecule has 1 amide bonds. The molecule has 0 radical (unpaired) electrons. The Morgan fingerprint density at radius 1 is 1.40 bits per heavy atom. The first-order valence-electron chi connectivity index (χ1n) is 6.15. The van der Waals surface area contributed by atoms with Gasteiger partial charge in [-0.1, -0.05) is 13.8 Å². The van der Waals surface area contributed by atoms with E-state index in [1.54, 1.807) is 0 Å². The maximum Gasteiger partial charge on any atom is 0.223 e. The van der Waals surface area contributed by atoms with Crippen LogP contribution in [-0.4, -0.2) is 19.0 Å². The smallest absolute Gasteiger partial charge is 0.223 e.